The minimum absolute atomic E-state index is 0.138. The van der Waals surface area contributed by atoms with Crippen molar-refractivity contribution in [3.63, 3.8) is 0 Å². The van der Waals surface area contributed by atoms with Crippen LogP contribution in [0.4, 0.5) is 10.6 Å². The van der Waals surface area contributed by atoms with Gasteiger partial charge in [0.05, 0.1) is 0 Å². The Morgan fingerprint density at radius 2 is 2.02 bits per heavy atom. The number of anilines is 1. The van der Waals surface area contributed by atoms with Crippen LogP contribution in [0.5, 0.6) is 11.5 Å². The maximum atomic E-state index is 13.2. The summed E-state index contributed by atoms with van der Waals surface area (Å²) in [7, 11) is 0. The molecule has 0 saturated carbocycles. The number of amides is 2. The highest BCUT2D eigenvalue weighted by molar-refractivity contribution is 9.10. The number of likely N-dealkylation sites (tertiary alicyclic amines) is 1. The first-order valence-electron chi connectivity index (χ1n) is 13.0. The number of imidazole rings is 1. The molecule has 12 nitrogen and oxygen atoms in total. The van der Waals surface area contributed by atoms with Gasteiger partial charge in [0.25, 0.3) is 0 Å². The Bertz CT molecular complexity index is 1440. The number of halogens is 1. The molecule has 1 fully saturated rings. The first-order valence-corrected chi connectivity index (χ1v) is 14.6. The highest BCUT2D eigenvalue weighted by atomic mass is 79.9. The van der Waals surface area contributed by atoms with Crippen LogP contribution in [0.3, 0.4) is 0 Å². The number of nitrogens with zero attached hydrogens (tertiary/aromatic N) is 5. The molecule has 2 aliphatic rings. The Morgan fingerprint density at radius 3 is 2.77 bits per heavy atom. The summed E-state index contributed by atoms with van der Waals surface area (Å²) in [6.07, 6.45) is 2.59. The van der Waals surface area contributed by atoms with Gasteiger partial charge in [-0.15, -0.1) is 0 Å². The summed E-state index contributed by atoms with van der Waals surface area (Å²) in [6, 6.07) is 3.09. The van der Waals surface area contributed by atoms with Gasteiger partial charge in [-0.1, -0.05) is 11.8 Å². The number of fused-ring (bicyclic) bond motifs is 2. The minimum atomic E-state index is -0.704. The third kappa shape index (κ3) is 6.22. The van der Waals surface area contributed by atoms with Gasteiger partial charge in [-0.25, -0.2) is 19.7 Å². The number of alkyl carbamates (subject to hydrolysis) is 1. The third-order valence-electron chi connectivity index (χ3n) is 6.53. The molecular weight excluding hydrogens is 602 g/mol. The quantitative estimate of drug-likeness (QED) is 0.405. The number of carbonyl (C=O) groups excluding carboxylic acids is 2. The summed E-state index contributed by atoms with van der Waals surface area (Å²) < 4.78 is 19.2. The van der Waals surface area contributed by atoms with Gasteiger partial charge in [-0.2, -0.15) is 0 Å². The van der Waals surface area contributed by atoms with E-state index in [1.54, 1.807) is 32.6 Å². The molecule has 0 radical (unpaired) electrons. The molecule has 2 amide bonds. The van der Waals surface area contributed by atoms with E-state index in [0.29, 0.717) is 53.3 Å². The number of carbonyl (C=O) groups is 2. The van der Waals surface area contributed by atoms with E-state index in [1.807, 2.05) is 16.7 Å². The SMILES string of the molecule is C[C@H](NC(=O)OC(C)(C)C)C(=O)N1CCCC(Cn2c(Sc3cc4c(cc3Br)OCO4)nc3c(N)ncnc32)C1. The average Bonchev–Trinajstić information content (AvgIpc) is 3.47. The van der Waals surface area contributed by atoms with E-state index in [2.05, 4.69) is 31.2 Å². The van der Waals surface area contributed by atoms with Crippen molar-refractivity contribution in [1.29, 1.82) is 0 Å². The van der Waals surface area contributed by atoms with Crippen LogP contribution < -0.4 is 20.5 Å². The first-order chi connectivity index (χ1) is 19.0. The number of hydrogen-bond acceptors (Lipinski definition) is 10. The summed E-state index contributed by atoms with van der Waals surface area (Å²) in [5.41, 5.74) is 6.68. The van der Waals surface area contributed by atoms with Crippen molar-refractivity contribution in [3.8, 4) is 11.5 Å². The van der Waals surface area contributed by atoms with Crippen molar-refractivity contribution in [2.24, 2.45) is 5.92 Å². The second kappa shape index (κ2) is 11.3. The van der Waals surface area contributed by atoms with Crippen LogP contribution >= 0.6 is 27.7 Å². The highest BCUT2D eigenvalue weighted by Gasteiger charge is 2.30. The van der Waals surface area contributed by atoms with E-state index in [0.717, 1.165) is 22.2 Å². The van der Waals surface area contributed by atoms with E-state index >= 15 is 0 Å². The van der Waals surface area contributed by atoms with Crippen LogP contribution in [0, 0.1) is 5.92 Å². The van der Waals surface area contributed by atoms with Crippen LogP contribution in [0.1, 0.15) is 40.5 Å². The second-order valence-corrected chi connectivity index (χ2v) is 12.7. The monoisotopic (exact) mass is 633 g/mol. The molecule has 1 unspecified atom stereocenters. The number of benzene rings is 1. The van der Waals surface area contributed by atoms with Gasteiger partial charge in [0.2, 0.25) is 12.7 Å². The van der Waals surface area contributed by atoms with Crippen molar-refractivity contribution < 1.29 is 23.8 Å². The summed E-state index contributed by atoms with van der Waals surface area (Å²) >= 11 is 5.09. The summed E-state index contributed by atoms with van der Waals surface area (Å²) in [4.78, 5) is 41.5. The van der Waals surface area contributed by atoms with Crippen molar-refractivity contribution in [1.82, 2.24) is 29.7 Å². The smallest absolute Gasteiger partial charge is 0.408 e. The standard InChI is InChI=1S/C26H32BrN7O5S/c1-14(31-25(36)39-26(2,3)4)23(35)33-7-5-6-15(10-33)11-34-22-20(21(28)29-12-30-22)32-24(34)40-19-9-18-17(8-16(19)27)37-13-38-18/h8-9,12,14-15H,5-7,10-11,13H2,1-4H3,(H,31,36)(H2,28,29,30)/t14-,15?/m0/s1. The van der Waals surface area contributed by atoms with Crippen molar-refractivity contribution in [2.45, 2.75) is 68.8 Å². The maximum Gasteiger partial charge on any atom is 0.408 e. The number of hydrogen-bond donors (Lipinski definition) is 2. The predicted octanol–water partition coefficient (Wildman–Crippen LogP) is 4.20. The van der Waals surface area contributed by atoms with Gasteiger partial charge in [-0.05, 0) is 74.5 Å². The Labute approximate surface area is 244 Å². The summed E-state index contributed by atoms with van der Waals surface area (Å²) in [5, 5.41) is 3.36. The fraction of sp³-hybridized carbons (Fsp3) is 0.500. The summed E-state index contributed by atoms with van der Waals surface area (Å²) in [5.74, 6) is 1.65. The van der Waals surface area contributed by atoms with Gasteiger partial charge in [0, 0.05) is 29.0 Å². The number of nitrogen functional groups attached to an aromatic ring is 1. The van der Waals surface area contributed by atoms with E-state index in [1.165, 1.54) is 18.1 Å². The molecule has 0 bridgehead atoms. The van der Waals surface area contributed by atoms with Crippen LogP contribution in [-0.2, 0) is 16.1 Å². The molecule has 2 aromatic heterocycles. The lowest BCUT2D eigenvalue weighted by atomic mass is 9.97. The molecule has 5 rings (SSSR count). The number of nitrogens with one attached hydrogen (secondary N) is 1. The molecule has 2 atom stereocenters. The number of piperidine rings is 1. The zero-order valence-electron chi connectivity index (χ0n) is 22.8. The number of aromatic nitrogens is 4. The molecular formula is C26H32BrN7O5S. The third-order valence-corrected chi connectivity index (χ3v) is 8.50. The molecule has 2 aliphatic heterocycles. The molecule has 0 aliphatic carbocycles. The Hall–Kier alpha value is -3.26. The van der Waals surface area contributed by atoms with Gasteiger partial charge >= 0.3 is 6.09 Å². The molecule has 1 aromatic carbocycles. The topological polar surface area (TPSA) is 147 Å². The number of ether oxygens (including phenoxy) is 3. The Morgan fingerprint density at radius 1 is 1.27 bits per heavy atom. The molecule has 0 spiro atoms. The fourth-order valence-corrected chi connectivity index (χ4v) is 6.24. The second-order valence-electron chi connectivity index (χ2n) is 10.8. The van der Waals surface area contributed by atoms with Gasteiger partial charge in [0.1, 0.15) is 18.0 Å². The Balaban J connectivity index is 1.34. The zero-order valence-corrected chi connectivity index (χ0v) is 25.2. The maximum absolute atomic E-state index is 13.2. The average molecular weight is 635 g/mol. The van der Waals surface area contributed by atoms with E-state index in [-0.39, 0.29) is 18.6 Å². The van der Waals surface area contributed by atoms with Gasteiger partial charge in [0.15, 0.2) is 33.6 Å². The molecule has 3 aromatic rings. The molecule has 4 heterocycles. The molecule has 1 saturated heterocycles. The van der Waals surface area contributed by atoms with Gasteiger partial charge < -0.3 is 34.7 Å². The number of rotatable bonds is 6. The van der Waals surface area contributed by atoms with Crippen molar-refractivity contribution in [3.05, 3.63) is 22.9 Å². The Kier molecular flexibility index (Phi) is 8.00. The fourth-order valence-electron chi connectivity index (χ4n) is 4.74. The molecule has 14 heteroatoms. The van der Waals surface area contributed by atoms with E-state index in [9.17, 15) is 9.59 Å². The molecule has 40 heavy (non-hydrogen) atoms. The van der Waals surface area contributed by atoms with Crippen LogP contribution in [0.15, 0.2) is 33.0 Å². The predicted molar refractivity (Wildman–Crippen MR) is 152 cm³/mol. The van der Waals surface area contributed by atoms with E-state index in [4.69, 9.17) is 24.9 Å². The lowest BCUT2D eigenvalue weighted by molar-refractivity contribution is -0.135. The lowest BCUT2D eigenvalue weighted by Crippen LogP contribution is -2.51. The zero-order chi connectivity index (χ0) is 28.6. The van der Waals surface area contributed by atoms with Crippen LogP contribution in [0.25, 0.3) is 11.2 Å². The number of nitrogens with two attached hydrogens (primary N) is 1. The minimum Gasteiger partial charge on any atom is -0.454 e. The highest BCUT2D eigenvalue weighted by Crippen LogP contribution is 2.43. The van der Waals surface area contributed by atoms with Crippen molar-refractivity contribution >= 4 is 56.7 Å². The van der Waals surface area contributed by atoms with Gasteiger partial charge in [-0.3, -0.25) is 4.79 Å². The lowest BCUT2D eigenvalue weighted by Gasteiger charge is -2.35. The summed E-state index contributed by atoms with van der Waals surface area (Å²) in [6.45, 7) is 8.95. The molecule has 214 valence electrons. The normalized spacial score (nSPS) is 17.6. The van der Waals surface area contributed by atoms with Crippen molar-refractivity contribution in [2.75, 3.05) is 25.6 Å². The van der Waals surface area contributed by atoms with Crippen LogP contribution in [-0.4, -0.2) is 67.9 Å². The first kappa shape index (κ1) is 28.3. The van der Waals surface area contributed by atoms with Crippen LogP contribution in [0.2, 0.25) is 0 Å². The molecule has 3 N–H and O–H groups in total. The van der Waals surface area contributed by atoms with E-state index < -0.39 is 17.7 Å². The largest absolute Gasteiger partial charge is 0.454 e.